The van der Waals surface area contributed by atoms with Crippen molar-refractivity contribution >= 4 is 17.6 Å². The molecule has 2 aliphatic rings. The Morgan fingerprint density at radius 3 is 2.22 bits per heavy atom. The summed E-state index contributed by atoms with van der Waals surface area (Å²) in [5, 5.41) is 24.9. The normalized spacial score (nSPS) is 21.4. The Labute approximate surface area is 216 Å². The topological polar surface area (TPSA) is 115 Å². The first-order chi connectivity index (χ1) is 18.0. The Hall–Kier alpha value is -3.75. The molecule has 0 aliphatic carbocycles. The maximum absolute atomic E-state index is 12.8. The van der Waals surface area contributed by atoms with Crippen molar-refractivity contribution in [1.29, 1.82) is 0 Å². The highest BCUT2D eigenvalue weighted by Crippen LogP contribution is 2.38. The molecular formula is C29H32N4O4. The Morgan fingerprint density at radius 1 is 0.919 bits per heavy atom. The Kier molecular flexibility index (Phi) is 7.48. The van der Waals surface area contributed by atoms with Crippen molar-refractivity contribution in [3.63, 3.8) is 0 Å². The number of pyridine rings is 1. The lowest BCUT2D eigenvalue weighted by atomic mass is 9.96. The van der Waals surface area contributed by atoms with Gasteiger partial charge in [-0.25, -0.2) is 4.98 Å². The Morgan fingerprint density at radius 2 is 1.59 bits per heavy atom. The fourth-order valence-corrected chi connectivity index (χ4v) is 5.45. The molecule has 0 radical (unpaired) electrons. The largest absolute Gasteiger partial charge is 0.393 e. The van der Waals surface area contributed by atoms with Crippen LogP contribution < -0.4 is 15.5 Å². The number of carbonyl (C=O) groups excluding carboxylic acids is 2. The molecule has 2 amide bonds. The molecule has 37 heavy (non-hydrogen) atoms. The van der Waals surface area contributed by atoms with Crippen LogP contribution in [0.25, 0.3) is 0 Å². The van der Waals surface area contributed by atoms with Gasteiger partial charge in [0.15, 0.2) is 0 Å². The van der Waals surface area contributed by atoms with Gasteiger partial charge in [-0.1, -0.05) is 42.5 Å². The van der Waals surface area contributed by atoms with Gasteiger partial charge in [0.2, 0.25) is 0 Å². The molecule has 4 N–H and O–H groups in total. The summed E-state index contributed by atoms with van der Waals surface area (Å²) >= 11 is 0. The molecule has 2 bridgehead atoms. The van der Waals surface area contributed by atoms with Gasteiger partial charge in [-0.3, -0.25) is 9.59 Å². The van der Waals surface area contributed by atoms with E-state index in [4.69, 9.17) is 5.11 Å². The molecule has 2 aliphatic heterocycles. The third-order valence-electron chi connectivity index (χ3n) is 7.37. The summed E-state index contributed by atoms with van der Waals surface area (Å²) < 4.78 is 0. The minimum atomic E-state index is -0.941. The summed E-state index contributed by atoms with van der Waals surface area (Å²) in [4.78, 5) is 32.3. The maximum atomic E-state index is 12.8. The molecule has 0 spiro atoms. The van der Waals surface area contributed by atoms with Crippen LogP contribution in [-0.4, -0.2) is 51.7 Å². The smallest absolute Gasteiger partial charge is 0.253 e. The van der Waals surface area contributed by atoms with Gasteiger partial charge in [0.1, 0.15) is 11.9 Å². The van der Waals surface area contributed by atoms with Gasteiger partial charge in [0.25, 0.3) is 11.8 Å². The van der Waals surface area contributed by atoms with Crippen LogP contribution >= 0.6 is 0 Å². The summed E-state index contributed by atoms with van der Waals surface area (Å²) in [6, 6.07) is 20.9. The van der Waals surface area contributed by atoms with Crippen molar-refractivity contribution in [2.75, 3.05) is 11.5 Å². The first-order valence-corrected chi connectivity index (χ1v) is 12.8. The molecule has 192 valence electrons. The monoisotopic (exact) mass is 500 g/mol. The van der Waals surface area contributed by atoms with Crippen molar-refractivity contribution < 1.29 is 19.8 Å². The summed E-state index contributed by atoms with van der Waals surface area (Å²) in [6.07, 6.45) is 4.47. The SMILES string of the molecule is O=C(NCc1ccccc1)c1ccc(N2[C@@H]3CC[C@H]2CC(NC(=O)c2ccc(C(O)CO)cc2)C3)nc1. The number of benzene rings is 2. The zero-order chi connectivity index (χ0) is 25.8. The number of fused-ring (bicyclic) bond motifs is 2. The number of rotatable bonds is 8. The molecule has 4 atom stereocenters. The van der Waals surface area contributed by atoms with E-state index >= 15 is 0 Å². The quantitative estimate of drug-likeness (QED) is 0.378. The summed E-state index contributed by atoms with van der Waals surface area (Å²) in [6.45, 7) is 0.117. The van der Waals surface area contributed by atoms with E-state index in [9.17, 15) is 14.7 Å². The van der Waals surface area contributed by atoms with Crippen LogP contribution in [0.15, 0.2) is 72.9 Å². The molecule has 2 aromatic carbocycles. The minimum absolute atomic E-state index is 0.0759. The minimum Gasteiger partial charge on any atom is -0.393 e. The van der Waals surface area contributed by atoms with E-state index in [0.29, 0.717) is 23.2 Å². The van der Waals surface area contributed by atoms with Gasteiger partial charge in [-0.2, -0.15) is 0 Å². The highest BCUT2D eigenvalue weighted by Gasteiger charge is 2.41. The van der Waals surface area contributed by atoms with Crippen LogP contribution in [0.3, 0.4) is 0 Å². The second-order valence-corrected chi connectivity index (χ2v) is 9.83. The van der Waals surface area contributed by atoms with Crippen LogP contribution in [0.4, 0.5) is 5.82 Å². The molecule has 0 saturated carbocycles. The summed E-state index contributed by atoms with van der Waals surface area (Å²) in [7, 11) is 0. The van der Waals surface area contributed by atoms with E-state index in [-0.39, 0.29) is 36.5 Å². The molecule has 2 fully saturated rings. The summed E-state index contributed by atoms with van der Waals surface area (Å²) in [5.41, 5.74) is 2.69. The number of nitrogens with one attached hydrogen (secondary N) is 2. The number of piperidine rings is 1. The second kappa shape index (κ2) is 11.1. The van der Waals surface area contributed by atoms with E-state index in [1.165, 1.54) is 0 Å². The van der Waals surface area contributed by atoms with Gasteiger partial charge < -0.3 is 25.7 Å². The standard InChI is InChI=1S/C29H32N4O4/c34-18-26(35)20-6-8-21(9-7-20)29(37)32-23-14-24-11-12-25(15-23)33(24)27-13-10-22(17-30-27)28(36)31-16-19-4-2-1-3-5-19/h1-10,13,17,23-26,34-35H,11-12,14-16,18H2,(H,31,36)(H,32,37)/t23?,24-,25+,26?. The van der Waals surface area contributed by atoms with Crippen LogP contribution in [0.5, 0.6) is 0 Å². The van der Waals surface area contributed by atoms with Gasteiger partial charge in [-0.15, -0.1) is 0 Å². The Balaban J connectivity index is 1.17. The van der Waals surface area contributed by atoms with Gasteiger partial charge in [-0.05, 0) is 61.1 Å². The van der Waals surface area contributed by atoms with Crippen molar-refractivity contribution in [2.45, 2.75) is 56.5 Å². The first kappa shape index (κ1) is 24.9. The molecule has 3 aromatic rings. The van der Waals surface area contributed by atoms with Crippen LogP contribution in [0, 0.1) is 0 Å². The fourth-order valence-electron chi connectivity index (χ4n) is 5.45. The number of aliphatic hydroxyl groups excluding tert-OH is 2. The van der Waals surface area contributed by atoms with E-state index in [1.807, 2.05) is 42.5 Å². The second-order valence-electron chi connectivity index (χ2n) is 9.83. The van der Waals surface area contributed by atoms with E-state index in [0.717, 1.165) is 37.1 Å². The van der Waals surface area contributed by atoms with Gasteiger partial charge in [0.05, 0.1) is 12.2 Å². The number of anilines is 1. The molecule has 5 rings (SSSR count). The van der Waals surface area contributed by atoms with Crippen LogP contribution in [0.2, 0.25) is 0 Å². The van der Waals surface area contributed by atoms with E-state index in [1.54, 1.807) is 30.5 Å². The third kappa shape index (κ3) is 5.65. The zero-order valence-electron chi connectivity index (χ0n) is 20.6. The highest BCUT2D eigenvalue weighted by molar-refractivity contribution is 5.94. The summed E-state index contributed by atoms with van der Waals surface area (Å²) in [5.74, 6) is 0.591. The average Bonchev–Trinajstić information content (AvgIpc) is 3.21. The lowest BCUT2D eigenvalue weighted by Gasteiger charge is -2.40. The molecule has 3 heterocycles. The van der Waals surface area contributed by atoms with Crippen LogP contribution in [-0.2, 0) is 6.54 Å². The maximum Gasteiger partial charge on any atom is 0.253 e. The molecular weight excluding hydrogens is 468 g/mol. The highest BCUT2D eigenvalue weighted by atomic mass is 16.3. The third-order valence-corrected chi connectivity index (χ3v) is 7.37. The molecule has 2 unspecified atom stereocenters. The average molecular weight is 501 g/mol. The zero-order valence-corrected chi connectivity index (χ0v) is 20.6. The number of hydrogen-bond donors (Lipinski definition) is 4. The molecule has 1 aromatic heterocycles. The molecule has 2 saturated heterocycles. The lowest BCUT2D eigenvalue weighted by Crippen LogP contribution is -2.50. The predicted molar refractivity (Wildman–Crippen MR) is 140 cm³/mol. The van der Waals surface area contributed by atoms with Gasteiger partial charge >= 0.3 is 0 Å². The van der Waals surface area contributed by atoms with Crippen molar-refractivity contribution in [3.05, 3.63) is 95.2 Å². The van der Waals surface area contributed by atoms with Crippen molar-refractivity contribution in [2.24, 2.45) is 0 Å². The molecule has 8 heteroatoms. The fraction of sp³-hybridized carbons (Fsp3) is 0.345. The van der Waals surface area contributed by atoms with Crippen LogP contribution in [0.1, 0.15) is 63.6 Å². The predicted octanol–water partition coefficient (Wildman–Crippen LogP) is 2.97. The van der Waals surface area contributed by atoms with Crippen molar-refractivity contribution in [1.82, 2.24) is 15.6 Å². The molecule has 8 nitrogen and oxygen atoms in total. The number of carbonyl (C=O) groups is 2. The number of hydrogen-bond acceptors (Lipinski definition) is 6. The lowest BCUT2D eigenvalue weighted by molar-refractivity contribution is 0.0921. The van der Waals surface area contributed by atoms with Gasteiger partial charge in [0, 0.05) is 36.4 Å². The number of amides is 2. The first-order valence-electron chi connectivity index (χ1n) is 12.8. The number of aromatic nitrogens is 1. The number of aliphatic hydroxyl groups is 2. The number of nitrogens with zero attached hydrogens (tertiary/aromatic N) is 2. The van der Waals surface area contributed by atoms with E-state index in [2.05, 4.69) is 20.5 Å². The van der Waals surface area contributed by atoms with Crippen molar-refractivity contribution in [3.8, 4) is 0 Å². The Bertz CT molecular complexity index is 1200. The van der Waals surface area contributed by atoms with E-state index < -0.39 is 6.10 Å².